The summed E-state index contributed by atoms with van der Waals surface area (Å²) < 4.78 is 10.6. The third-order valence-electron chi connectivity index (χ3n) is 3.10. The predicted octanol–water partition coefficient (Wildman–Crippen LogP) is 4.18. The molecule has 6 heteroatoms. The van der Waals surface area contributed by atoms with E-state index in [-0.39, 0.29) is 22.4 Å². The normalized spacial score (nSPS) is 15.0. The van der Waals surface area contributed by atoms with Gasteiger partial charge in [-0.3, -0.25) is 9.59 Å². The van der Waals surface area contributed by atoms with Crippen LogP contribution in [-0.4, -0.2) is 28.7 Å². The summed E-state index contributed by atoms with van der Waals surface area (Å²) in [6, 6.07) is 0. The predicted molar refractivity (Wildman–Crippen MR) is 95.5 cm³/mol. The Bertz CT molecular complexity index is 293. The van der Waals surface area contributed by atoms with Crippen molar-refractivity contribution in [2.75, 3.05) is 0 Å². The fourth-order valence-electron chi connectivity index (χ4n) is 1.77. The zero-order valence-corrected chi connectivity index (χ0v) is 15.7. The highest BCUT2D eigenvalue weighted by Crippen LogP contribution is 2.13. The minimum Gasteiger partial charge on any atom is -0.425 e. The van der Waals surface area contributed by atoms with E-state index in [9.17, 15) is 9.59 Å². The van der Waals surface area contributed by atoms with Crippen LogP contribution in [0.15, 0.2) is 0 Å². The average molecular weight is 351 g/mol. The van der Waals surface area contributed by atoms with E-state index in [0.29, 0.717) is 32.1 Å². The molecule has 2 unspecified atom stereocenters. The molecule has 0 spiro atoms. The van der Waals surface area contributed by atoms with Crippen LogP contribution in [0, 0.1) is 0 Å². The molecule has 0 aliphatic carbocycles. The van der Waals surface area contributed by atoms with E-state index in [1.807, 2.05) is 13.8 Å². The molecular weight excluding hydrogens is 320 g/mol. The van der Waals surface area contributed by atoms with Crippen molar-refractivity contribution in [1.82, 2.24) is 0 Å². The number of carbonyl (C=O) groups excluding carboxylic acids is 2. The van der Waals surface area contributed by atoms with Crippen LogP contribution in [0.2, 0.25) is 0 Å². The van der Waals surface area contributed by atoms with Gasteiger partial charge >= 0.3 is 11.9 Å². The van der Waals surface area contributed by atoms with Crippen LogP contribution < -0.4 is 0 Å². The van der Waals surface area contributed by atoms with Gasteiger partial charge in [-0.15, -0.1) is 0 Å². The van der Waals surface area contributed by atoms with Crippen molar-refractivity contribution in [3.05, 3.63) is 0 Å². The standard InChI is InChI=1S/C16H30O4S2/c1-4-5-6-7-16(19-14(17)10-8-12(2)21)20-15(18)11-9-13(3)22/h12-13,16,21-22H,4-11H2,1-3H3. The number of ether oxygens (including phenoxy) is 2. The largest absolute Gasteiger partial charge is 0.425 e. The van der Waals surface area contributed by atoms with Gasteiger partial charge in [0.25, 0.3) is 0 Å². The van der Waals surface area contributed by atoms with Crippen LogP contribution in [0.5, 0.6) is 0 Å². The van der Waals surface area contributed by atoms with E-state index < -0.39 is 6.29 Å². The van der Waals surface area contributed by atoms with Crippen LogP contribution in [0.1, 0.15) is 72.1 Å². The van der Waals surface area contributed by atoms with Crippen molar-refractivity contribution in [3.8, 4) is 0 Å². The molecule has 2 atom stereocenters. The minimum atomic E-state index is -0.767. The van der Waals surface area contributed by atoms with E-state index in [2.05, 4.69) is 32.2 Å². The molecule has 4 nitrogen and oxygen atoms in total. The monoisotopic (exact) mass is 350 g/mol. The maximum atomic E-state index is 11.8. The van der Waals surface area contributed by atoms with Gasteiger partial charge in [0.2, 0.25) is 6.29 Å². The van der Waals surface area contributed by atoms with Crippen LogP contribution in [0.4, 0.5) is 0 Å². The molecular formula is C16H30O4S2. The Morgan fingerprint density at radius 3 is 1.68 bits per heavy atom. The molecule has 0 aromatic heterocycles. The number of rotatable bonds is 12. The van der Waals surface area contributed by atoms with Crippen molar-refractivity contribution in [2.24, 2.45) is 0 Å². The molecule has 0 saturated heterocycles. The lowest BCUT2D eigenvalue weighted by Gasteiger charge is -2.19. The molecule has 0 saturated carbocycles. The highest BCUT2D eigenvalue weighted by Gasteiger charge is 2.19. The fourth-order valence-corrected chi connectivity index (χ4v) is 2.03. The van der Waals surface area contributed by atoms with Gasteiger partial charge in [0.1, 0.15) is 0 Å². The summed E-state index contributed by atoms with van der Waals surface area (Å²) in [4.78, 5) is 23.6. The highest BCUT2D eigenvalue weighted by molar-refractivity contribution is 7.81. The van der Waals surface area contributed by atoms with Crippen molar-refractivity contribution in [2.45, 2.75) is 88.9 Å². The molecule has 0 bridgehead atoms. The smallest absolute Gasteiger partial charge is 0.308 e. The van der Waals surface area contributed by atoms with Gasteiger partial charge in [-0.1, -0.05) is 33.6 Å². The Morgan fingerprint density at radius 2 is 1.32 bits per heavy atom. The summed E-state index contributed by atoms with van der Waals surface area (Å²) in [6.07, 6.45) is 4.61. The van der Waals surface area contributed by atoms with Gasteiger partial charge in [0.05, 0.1) is 0 Å². The van der Waals surface area contributed by atoms with Crippen LogP contribution in [0.25, 0.3) is 0 Å². The second-order valence-electron chi connectivity index (χ2n) is 5.68. The van der Waals surface area contributed by atoms with Gasteiger partial charge in [0, 0.05) is 19.3 Å². The van der Waals surface area contributed by atoms with Gasteiger partial charge in [0.15, 0.2) is 0 Å². The van der Waals surface area contributed by atoms with E-state index in [0.717, 1.165) is 19.3 Å². The SMILES string of the molecule is CCCCCC(OC(=O)CCC(C)S)OC(=O)CCC(C)S. The van der Waals surface area contributed by atoms with Gasteiger partial charge in [-0.2, -0.15) is 25.3 Å². The Labute approximate surface area is 145 Å². The van der Waals surface area contributed by atoms with Gasteiger partial charge < -0.3 is 9.47 Å². The molecule has 0 heterocycles. The number of carbonyl (C=O) groups is 2. The lowest BCUT2D eigenvalue weighted by molar-refractivity contribution is -0.189. The number of hydrogen-bond acceptors (Lipinski definition) is 6. The molecule has 0 radical (unpaired) electrons. The molecule has 22 heavy (non-hydrogen) atoms. The van der Waals surface area contributed by atoms with Crippen molar-refractivity contribution in [1.29, 1.82) is 0 Å². The second kappa shape index (κ2) is 13.1. The lowest BCUT2D eigenvalue weighted by Crippen LogP contribution is -2.25. The van der Waals surface area contributed by atoms with Gasteiger partial charge in [-0.25, -0.2) is 0 Å². The lowest BCUT2D eigenvalue weighted by atomic mass is 10.2. The second-order valence-corrected chi connectivity index (χ2v) is 7.44. The maximum absolute atomic E-state index is 11.8. The van der Waals surface area contributed by atoms with E-state index in [4.69, 9.17) is 9.47 Å². The summed E-state index contributed by atoms with van der Waals surface area (Å²) >= 11 is 8.47. The minimum absolute atomic E-state index is 0.144. The topological polar surface area (TPSA) is 52.6 Å². The molecule has 0 N–H and O–H groups in total. The zero-order chi connectivity index (χ0) is 17.0. The van der Waals surface area contributed by atoms with Crippen molar-refractivity contribution < 1.29 is 19.1 Å². The fraction of sp³-hybridized carbons (Fsp3) is 0.875. The average Bonchev–Trinajstić information content (AvgIpc) is 2.43. The van der Waals surface area contributed by atoms with Crippen molar-refractivity contribution in [3.63, 3.8) is 0 Å². The molecule has 0 aromatic carbocycles. The summed E-state index contributed by atoms with van der Waals surface area (Å²) in [7, 11) is 0. The zero-order valence-electron chi connectivity index (χ0n) is 13.9. The summed E-state index contributed by atoms with van der Waals surface area (Å²) in [6.45, 7) is 5.94. The Balaban J connectivity index is 4.29. The van der Waals surface area contributed by atoms with Crippen LogP contribution >= 0.6 is 25.3 Å². The summed E-state index contributed by atoms with van der Waals surface area (Å²) in [5, 5.41) is 0.288. The van der Waals surface area contributed by atoms with E-state index >= 15 is 0 Å². The van der Waals surface area contributed by atoms with Crippen LogP contribution in [0.3, 0.4) is 0 Å². The Kier molecular flexibility index (Phi) is 12.9. The number of hydrogen-bond donors (Lipinski definition) is 2. The molecule has 0 rings (SSSR count). The molecule has 0 aliphatic rings. The first-order valence-corrected chi connectivity index (χ1v) is 9.13. The van der Waals surface area contributed by atoms with Gasteiger partial charge in [-0.05, 0) is 29.8 Å². The van der Waals surface area contributed by atoms with Crippen molar-refractivity contribution >= 4 is 37.2 Å². The number of unbranched alkanes of at least 4 members (excludes halogenated alkanes) is 2. The molecule has 0 aliphatic heterocycles. The van der Waals surface area contributed by atoms with E-state index in [1.54, 1.807) is 0 Å². The number of thiol groups is 2. The Hall–Kier alpha value is -0.360. The maximum Gasteiger partial charge on any atom is 0.308 e. The first-order chi connectivity index (χ1) is 10.3. The third-order valence-corrected chi connectivity index (χ3v) is 3.62. The Morgan fingerprint density at radius 1 is 0.864 bits per heavy atom. The summed E-state index contributed by atoms with van der Waals surface area (Å²) in [5.41, 5.74) is 0. The molecule has 0 aromatic rings. The highest BCUT2D eigenvalue weighted by atomic mass is 32.1. The first-order valence-electron chi connectivity index (χ1n) is 8.10. The first kappa shape index (κ1) is 21.6. The molecule has 130 valence electrons. The molecule has 0 amide bonds. The molecule has 0 fully saturated rings. The van der Waals surface area contributed by atoms with E-state index in [1.165, 1.54) is 0 Å². The number of esters is 2. The van der Waals surface area contributed by atoms with Crippen LogP contribution in [-0.2, 0) is 19.1 Å². The third kappa shape index (κ3) is 13.3. The quantitative estimate of drug-likeness (QED) is 0.240. The summed E-state index contributed by atoms with van der Waals surface area (Å²) in [5.74, 6) is -0.671.